The Morgan fingerprint density at radius 3 is 2.65 bits per heavy atom. The number of anilines is 1. The molecular weight excluding hydrogens is 416 g/mol. The van der Waals surface area contributed by atoms with Gasteiger partial charge in [0, 0.05) is 10.9 Å². The van der Waals surface area contributed by atoms with Crippen molar-refractivity contribution in [3.05, 3.63) is 87.6 Å². The number of carbonyl (C=O) groups is 1. The molecule has 132 valence electrons. The van der Waals surface area contributed by atoms with E-state index in [1.165, 1.54) is 11.8 Å². The first kappa shape index (κ1) is 18.4. The summed E-state index contributed by atoms with van der Waals surface area (Å²) in [5, 5.41) is 3.17. The van der Waals surface area contributed by atoms with Crippen LogP contribution in [0.25, 0.3) is 0 Å². The number of ether oxygens (including phenoxy) is 1. The first-order chi connectivity index (χ1) is 12.6. The van der Waals surface area contributed by atoms with Crippen molar-refractivity contribution < 1.29 is 9.53 Å². The minimum atomic E-state index is -0.273. The molecule has 0 aliphatic rings. The number of hydrogen-bond acceptors (Lipinski definition) is 3. The molecule has 26 heavy (non-hydrogen) atoms. The highest BCUT2D eigenvalue weighted by atomic mass is 79.9. The Labute approximate surface area is 165 Å². The number of aromatic nitrogens is 1. The van der Waals surface area contributed by atoms with Gasteiger partial charge in [-0.25, -0.2) is 4.98 Å². The molecule has 0 unspecified atom stereocenters. The van der Waals surface area contributed by atoms with Gasteiger partial charge in [-0.05, 0) is 35.9 Å². The van der Waals surface area contributed by atoms with Gasteiger partial charge in [0.1, 0.15) is 10.9 Å². The Morgan fingerprint density at radius 1 is 1.12 bits per heavy atom. The Balaban J connectivity index is 1.70. The first-order valence-corrected chi connectivity index (χ1v) is 9.18. The summed E-state index contributed by atoms with van der Waals surface area (Å²) in [6.45, 7) is 0.481. The van der Waals surface area contributed by atoms with Crippen LogP contribution in [0.3, 0.4) is 0 Å². The lowest BCUT2D eigenvalue weighted by Crippen LogP contribution is -2.14. The zero-order chi connectivity index (χ0) is 18.4. The molecule has 4 nitrogen and oxygen atoms in total. The molecular formula is C20H16BrClN2O2. The smallest absolute Gasteiger partial charge is 0.259 e. The van der Waals surface area contributed by atoms with E-state index in [0.29, 0.717) is 28.8 Å². The van der Waals surface area contributed by atoms with Gasteiger partial charge >= 0.3 is 0 Å². The monoisotopic (exact) mass is 430 g/mol. The third kappa shape index (κ3) is 5.07. The topological polar surface area (TPSA) is 51.2 Å². The first-order valence-electron chi connectivity index (χ1n) is 8.01. The summed E-state index contributed by atoms with van der Waals surface area (Å²) in [6, 6.07) is 18.7. The van der Waals surface area contributed by atoms with Gasteiger partial charge in [-0.1, -0.05) is 57.9 Å². The van der Waals surface area contributed by atoms with E-state index in [1.54, 1.807) is 24.3 Å². The normalized spacial score (nSPS) is 10.4. The second kappa shape index (κ2) is 8.83. The molecule has 0 saturated heterocycles. The Hall–Kier alpha value is -2.37. The fourth-order valence-electron chi connectivity index (χ4n) is 2.38. The Morgan fingerprint density at radius 2 is 1.92 bits per heavy atom. The van der Waals surface area contributed by atoms with Crippen LogP contribution >= 0.6 is 27.5 Å². The van der Waals surface area contributed by atoms with Crippen molar-refractivity contribution in [1.29, 1.82) is 0 Å². The van der Waals surface area contributed by atoms with Gasteiger partial charge in [0.15, 0.2) is 0 Å². The van der Waals surface area contributed by atoms with Crippen LogP contribution < -0.4 is 10.1 Å². The van der Waals surface area contributed by atoms with Crippen LogP contribution in [-0.4, -0.2) is 17.5 Å². The van der Waals surface area contributed by atoms with Crippen molar-refractivity contribution in [2.24, 2.45) is 0 Å². The predicted octanol–water partition coefficient (Wildman–Crippen LogP) is 5.37. The fraction of sp³-hybridized carbons (Fsp3) is 0.100. The van der Waals surface area contributed by atoms with Crippen molar-refractivity contribution in [3.8, 4) is 5.75 Å². The summed E-state index contributed by atoms with van der Waals surface area (Å²) in [4.78, 5) is 16.6. The molecule has 1 heterocycles. The molecule has 0 saturated carbocycles. The van der Waals surface area contributed by atoms with Crippen molar-refractivity contribution in [2.75, 3.05) is 11.9 Å². The second-order valence-corrected chi connectivity index (χ2v) is 6.85. The third-order valence-corrected chi connectivity index (χ3v) is 4.38. The molecule has 0 fully saturated rings. The van der Waals surface area contributed by atoms with Crippen LogP contribution in [0.2, 0.25) is 5.15 Å². The molecule has 0 atom stereocenters. The average molecular weight is 432 g/mol. The van der Waals surface area contributed by atoms with E-state index in [0.717, 1.165) is 10.9 Å². The van der Waals surface area contributed by atoms with Crippen molar-refractivity contribution in [3.63, 3.8) is 0 Å². The van der Waals surface area contributed by atoms with E-state index in [4.69, 9.17) is 16.3 Å². The van der Waals surface area contributed by atoms with Crippen LogP contribution in [0.4, 0.5) is 5.69 Å². The average Bonchev–Trinajstić information content (AvgIpc) is 2.65. The molecule has 1 aromatic heterocycles. The predicted molar refractivity (Wildman–Crippen MR) is 107 cm³/mol. The SMILES string of the molecule is O=C(Nc1ccc(Cl)nc1)c1cc(Br)ccc1OCCc1ccccc1. The van der Waals surface area contributed by atoms with Crippen LogP contribution in [0, 0.1) is 0 Å². The van der Waals surface area contributed by atoms with E-state index in [1.807, 2.05) is 36.4 Å². The summed E-state index contributed by atoms with van der Waals surface area (Å²) in [6.07, 6.45) is 2.27. The van der Waals surface area contributed by atoms with Crippen LogP contribution in [0.5, 0.6) is 5.75 Å². The number of pyridine rings is 1. The van der Waals surface area contributed by atoms with Crippen molar-refractivity contribution in [1.82, 2.24) is 4.98 Å². The number of nitrogens with one attached hydrogen (secondary N) is 1. The molecule has 0 radical (unpaired) electrons. The number of nitrogens with zero attached hydrogens (tertiary/aromatic N) is 1. The van der Waals surface area contributed by atoms with Gasteiger partial charge in [0.25, 0.3) is 5.91 Å². The van der Waals surface area contributed by atoms with E-state index in [9.17, 15) is 4.79 Å². The molecule has 6 heteroatoms. The number of carbonyl (C=O) groups excluding carboxylic acids is 1. The number of amides is 1. The summed E-state index contributed by atoms with van der Waals surface area (Å²) >= 11 is 9.17. The van der Waals surface area contributed by atoms with E-state index >= 15 is 0 Å². The molecule has 0 aliphatic carbocycles. The maximum absolute atomic E-state index is 12.6. The Bertz CT molecular complexity index is 886. The summed E-state index contributed by atoms with van der Waals surface area (Å²) < 4.78 is 6.65. The Kier molecular flexibility index (Phi) is 6.26. The quantitative estimate of drug-likeness (QED) is 0.534. The molecule has 0 bridgehead atoms. The van der Waals surface area contributed by atoms with E-state index in [-0.39, 0.29) is 5.91 Å². The molecule has 0 aliphatic heterocycles. The van der Waals surface area contributed by atoms with Gasteiger partial charge < -0.3 is 10.1 Å². The highest BCUT2D eigenvalue weighted by molar-refractivity contribution is 9.10. The molecule has 3 aromatic rings. The lowest BCUT2D eigenvalue weighted by atomic mass is 10.1. The van der Waals surface area contributed by atoms with Crippen LogP contribution in [0.15, 0.2) is 71.3 Å². The molecule has 2 aromatic carbocycles. The van der Waals surface area contributed by atoms with Crippen LogP contribution in [-0.2, 0) is 6.42 Å². The highest BCUT2D eigenvalue weighted by Crippen LogP contribution is 2.25. The van der Waals surface area contributed by atoms with Crippen molar-refractivity contribution >= 4 is 39.1 Å². The summed E-state index contributed by atoms with van der Waals surface area (Å²) in [5.41, 5.74) is 2.19. The van der Waals surface area contributed by atoms with Crippen molar-refractivity contribution in [2.45, 2.75) is 6.42 Å². The largest absolute Gasteiger partial charge is 0.492 e. The van der Waals surface area contributed by atoms with Gasteiger partial charge in [-0.3, -0.25) is 4.79 Å². The zero-order valence-corrected chi connectivity index (χ0v) is 16.1. The van der Waals surface area contributed by atoms with E-state index < -0.39 is 0 Å². The summed E-state index contributed by atoms with van der Waals surface area (Å²) in [5.74, 6) is 0.258. The molecule has 0 spiro atoms. The fourth-order valence-corrected chi connectivity index (χ4v) is 2.85. The minimum Gasteiger partial charge on any atom is -0.492 e. The highest BCUT2D eigenvalue weighted by Gasteiger charge is 2.14. The maximum Gasteiger partial charge on any atom is 0.259 e. The van der Waals surface area contributed by atoms with E-state index in [2.05, 4.69) is 26.2 Å². The van der Waals surface area contributed by atoms with Gasteiger partial charge in [0.2, 0.25) is 0 Å². The lowest BCUT2D eigenvalue weighted by Gasteiger charge is -2.12. The van der Waals surface area contributed by atoms with Gasteiger partial charge in [-0.2, -0.15) is 0 Å². The zero-order valence-electron chi connectivity index (χ0n) is 13.8. The van der Waals surface area contributed by atoms with Gasteiger partial charge in [-0.15, -0.1) is 0 Å². The number of rotatable bonds is 6. The maximum atomic E-state index is 12.6. The minimum absolute atomic E-state index is 0.273. The summed E-state index contributed by atoms with van der Waals surface area (Å²) in [7, 11) is 0. The second-order valence-electron chi connectivity index (χ2n) is 5.55. The standard InChI is InChI=1S/C20H16BrClN2O2/c21-15-6-8-18(26-11-10-14-4-2-1-3-5-14)17(12-15)20(25)24-16-7-9-19(22)23-13-16/h1-9,12-13H,10-11H2,(H,24,25). The molecule has 1 amide bonds. The number of hydrogen-bond donors (Lipinski definition) is 1. The van der Waals surface area contributed by atoms with Crippen LogP contribution in [0.1, 0.15) is 15.9 Å². The number of benzene rings is 2. The lowest BCUT2D eigenvalue weighted by molar-refractivity contribution is 0.102. The molecule has 3 rings (SSSR count). The third-order valence-electron chi connectivity index (χ3n) is 3.66. The van der Waals surface area contributed by atoms with Gasteiger partial charge in [0.05, 0.1) is 24.1 Å². The molecule has 1 N–H and O–H groups in total. The number of halogens is 2.